The van der Waals surface area contributed by atoms with E-state index in [0.717, 1.165) is 40.2 Å². The van der Waals surface area contributed by atoms with Crippen LogP contribution in [0, 0.1) is 5.82 Å². The van der Waals surface area contributed by atoms with Gasteiger partial charge in [-0.3, -0.25) is 9.78 Å². The molecule has 0 bridgehead atoms. The summed E-state index contributed by atoms with van der Waals surface area (Å²) in [5.74, 6) is -1.87. The number of pyridine rings is 1. The third kappa shape index (κ3) is 7.32. The molecule has 1 aromatic heterocycles. The molecule has 2 heterocycles. The Labute approximate surface area is 226 Å². The second kappa shape index (κ2) is 11.1. The second-order valence-electron chi connectivity index (χ2n) is 8.98. The number of amides is 1. The van der Waals surface area contributed by atoms with Gasteiger partial charge in [0.2, 0.25) is 10.0 Å². The highest BCUT2D eigenvalue weighted by Gasteiger charge is 2.45. The number of carbonyl (C=O) groups excluding carboxylic acids is 1. The number of alkyl halides is 4. The lowest BCUT2D eigenvalue weighted by molar-refractivity contribution is -0.141. The number of carbonyl (C=O) groups is 1. The molecule has 0 saturated carbocycles. The van der Waals surface area contributed by atoms with Gasteiger partial charge in [-0.2, -0.15) is 17.5 Å². The van der Waals surface area contributed by atoms with Crippen LogP contribution >= 0.6 is 11.6 Å². The van der Waals surface area contributed by atoms with Gasteiger partial charge in [-0.25, -0.2) is 25.6 Å². The van der Waals surface area contributed by atoms with Crippen LogP contribution in [-0.4, -0.2) is 63.1 Å². The van der Waals surface area contributed by atoms with Gasteiger partial charge < -0.3 is 5.32 Å². The molecule has 1 aliphatic heterocycles. The molecule has 0 radical (unpaired) electrons. The zero-order valence-corrected chi connectivity index (χ0v) is 22.9. The molecule has 214 valence electrons. The van der Waals surface area contributed by atoms with Gasteiger partial charge in [0.15, 0.2) is 15.5 Å². The van der Waals surface area contributed by atoms with E-state index in [9.17, 15) is 39.2 Å². The second-order valence-corrected chi connectivity index (χ2v) is 13.2. The van der Waals surface area contributed by atoms with Crippen molar-refractivity contribution in [2.75, 3.05) is 19.3 Å². The molecule has 3 rings (SSSR count). The van der Waals surface area contributed by atoms with E-state index >= 15 is 4.39 Å². The number of hydrogen-bond acceptors (Lipinski definition) is 6. The number of sulfonamides is 1. The van der Waals surface area contributed by atoms with Gasteiger partial charge in [0.25, 0.3) is 5.91 Å². The SMILES string of the molecule is C[C@@H](/C=C\S(C)(=O)=O)NC(=O)C1(F)CCN(S(=O)(=O)c2cnc(C(F)(F)F)cc2-c2ccc(F)cc2Cl)CC1. The van der Waals surface area contributed by atoms with Gasteiger partial charge in [0.05, 0.1) is 5.02 Å². The highest BCUT2D eigenvalue weighted by Crippen LogP contribution is 2.39. The lowest BCUT2D eigenvalue weighted by Gasteiger charge is -2.35. The number of aromatic nitrogens is 1. The van der Waals surface area contributed by atoms with Crippen molar-refractivity contribution in [2.24, 2.45) is 0 Å². The average molecular weight is 616 g/mol. The van der Waals surface area contributed by atoms with Gasteiger partial charge >= 0.3 is 6.18 Å². The Balaban J connectivity index is 1.89. The lowest BCUT2D eigenvalue weighted by atomic mass is 9.93. The van der Waals surface area contributed by atoms with Crippen LogP contribution < -0.4 is 5.32 Å². The van der Waals surface area contributed by atoms with Crippen LogP contribution in [0.1, 0.15) is 25.5 Å². The molecule has 0 spiro atoms. The van der Waals surface area contributed by atoms with E-state index in [0.29, 0.717) is 12.3 Å². The summed E-state index contributed by atoms with van der Waals surface area (Å²) < 4.78 is 119. The first-order valence-corrected chi connectivity index (χ1v) is 15.0. The van der Waals surface area contributed by atoms with E-state index in [1.54, 1.807) is 0 Å². The Morgan fingerprint density at radius 3 is 2.31 bits per heavy atom. The van der Waals surface area contributed by atoms with Crippen LogP contribution in [0.4, 0.5) is 22.0 Å². The number of hydrogen-bond donors (Lipinski definition) is 1. The molecule has 1 saturated heterocycles. The van der Waals surface area contributed by atoms with Crippen molar-refractivity contribution >= 4 is 37.4 Å². The van der Waals surface area contributed by atoms with Crippen molar-refractivity contribution in [3.63, 3.8) is 0 Å². The normalized spacial score (nSPS) is 17.7. The van der Waals surface area contributed by atoms with Crippen molar-refractivity contribution in [3.05, 3.63) is 58.5 Å². The summed E-state index contributed by atoms with van der Waals surface area (Å²) in [6, 6.07) is 2.37. The minimum absolute atomic E-state index is 0.197. The topological polar surface area (TPSA) is 114 Å². The first-order valence-electron chi connectivity index (χ1n) is 11.2. The number of sulfone groups is 1. The van der Waals surface area contributed by atoms with Crippen molar-refractivity contribution in [1.29, 1.82) is 0 Å². The van der Waals surface area contributed by atoms with Crippen molar-refractivity contribution in [3.8, 4) is 11.1 Å². The molecule has 0 unspecified atom stereocenters. The molecule has 8 nitrogen and oxygen atoms in total. The summed E-state index contributed by atoms with van der Waals surface area (Å²) >= 11 is 6.02. The van der Waals surface area contributed by atoms with Gasteiger partial charge in [-0.15, -0.1) is 0 Å². The van der Waals surface area contributed by atoms with Gasteiger partial charge in [0, 0.05) is 61.0 Å². The number of nitrogens with one attached hydrogen (secondary N) is 1. The summed E-state index contributed by atoms with van der Waals surface area (Å²) in [6.07, 6.45) is -3.50. The third-order valence-electron chi connectivity index (χ3n) is 5.89. The van der Waals surface area contributed by atoms with Crippen molar-refractivity contribution in [1.82, 2.24) is 14.6 Å². The number of nitrogens with zero attached hydrogens (tertiary/aromatic N) is 2. The molecule has 39 heavy (non-hydrogen) atoms. The van der Waals surface area contributed by atoms with Crippen LogP contribution in [0.3, 0.4) is 0 Å². The van der Waals surface area contributed by atoms with Crippen LogP contribution in [0.2, 0.25) is 5.02 Å². The number of halogens is 6. The Bertz CT molecular complexity index is 1510. The minimum atomic E-state index is -4.93. The van der Waals surface area contributed by atoms with E-state index in [-0.39, 0.29) is 10.6 Å². The number of rotatable bonds is 7. The van der Waals surface area contributed by atoms with Crippen LogP contribution in [-0.2, 0) is 30.8 Å². The first kappa shape index (κ1) is 30.9. The van der Waals surface area contributed by atoms with Gasteiger partial charge in [-0.05, 0) is 31.2 Å². The molecule has 1 amide bonds. The smallest absolute Gasteiger partial charge is 0.347 e. The zero-order valence-electron chi connectivity index (χ0n) is 20.5. The maximum Gasteiger partial charge on any atom is 0.433 e. The lowest BCUT2D eigenvalue weighted by Crippen LogP contribution is -2.53. The highest BCUT2D eigenvalue weighted by molar-refractivity contribution is 7.93. The average Bonchev–Trinajstić information content (AvgIpc) is 2.81. The Morgan fingerprint density at radius 1 is 1.15 bits per heavy atom. The molecule has 2 aromatic rings. The summed E-state index contributed by atoms with van der Waals surface area (Å²) in [4.78, 5) is 15.1. The number of piperidine rings is 1. The monoisotopic (exact) mass is 615 g/mol. The van der Waals surface area contributed by atoms with E-state index in [4.69, 9.17) is 11.6 Å². The highest BCUT2D eigenvalue weighted by atomic mass is 35.5. The molecule has 1 N–H and O–H groups in total. The minimum Gasteiger partial charge on any atom is -0.347 e. The molecule has 1 aliphatic rings. The maximum absolute atomic E-state index is 15.4. The standard InChI is InChI=1S/C23H23ClF5N3O5S2/c1-14(5-10-38(2,34)35)31-21(33)22(26)6-8-32(9-7-22)39(36,37)19-13-30-20(23(27,28)29)12-17(19)16-4-3-15(25)11-18(16)24/h3-5,10-14H,6-9H2,1-2H3,(H,31,33)/b10-5-/t14-/m0/s1. The Morgan fingerprint density at radius 2 is 1.77 bits per heavy atom. The fourth-order valence-electron chi connectivity index (χ4n) is 3.81. The van der Waals surface area contributed by atoms with Crippen molar-refractivity contribution < 1.29 is 43.6 Å². The molecule has 1 atom stereocenters. The van der Waals surface area contributed by atoms with E-state index < -0.39 is 91.6 Å². The fraction of sp³-hybridized carbons (Fsp3) is 0.391. The Kier molecular flexibility index (Phi) is 8.80. The third-order valence-corrected chi connectivity index (χ3v) is 8.78. The van der Waals surface area contributed by atoms with Gasteiger partial charge in [-0.1, -0.05) is 17.7 Å². The largest absolute Gasteiger partial charge is 0.433 e. The molecular formula is C23H23ClF5N3O5S2. The van der Waals surface area contributed by atoms with Crippen LogP contribution in [0.25, 0.3) is 11.1 Å². The molecule has 1 aromatic carbocycles. The molecule has 16 heteroatoms. The van der Waals surface area contributed by atoms with E-state index in [1.807, 2.05) is 0 Å². The summed E-state index contributed by atoms with van der Waals surface area (Å²) in [5, 5.41) is 2.82. The van der Waals surface area contributed by atoms with Crippen molar-refractivity contribution in [2.45, 2.75) is 42.5 Å². The maximum atomic E-state index is 15.4. The number of benzene rings is 1. The Hall–Kier alpha value is -2.62. The first-order chi connectivity index (χ1) is 17.8. The van der Waals surface area contributed by atoms with Crippen LogP contribution in [0.15, 0.2) is 46.8 Å². The predicted molar refractivity (Wildman–Crippen MR) is 133 cm³/mol. The predicted octanol–water partition coefficient (Wildman–Crippen LogP) is 4.12. The fourth-order valence-corrected chi connectivity index (χ4v) is 6.18. The summed E-state index contributed by atoms with van der Waals surface area (Å²) in [5.41, 5.74) is -4.57. The summed E-state index contributed by atoms with van der Waals surface area (Å²) in [6.45, 7) is 0.414. The van der Waals surface area contributed by atoms with E-state index in [1.165, 1.54) is 6.92 Å². The van der Waals surface area contributed by atoms with Gasteiger partial charge in [0.1, 0.15) is 16.4 Å². The van der Waals surface area contributed by atoms with E-state index in [2.05, 4.69) is 10.3 Å². The molecular weight excluding hydrogens is 593 g/mol. The molecule has 1 fully saturated rings. The molecule has 0 aliphatic carbocycles. The zero-order chi connectivity index (χ0) is 29.4. The van der Waals surface area contributed by atoms with Crippen LogP contribution in [0.5, 0.6) is 0 Å². The quantitative estimate of drug-likeness (QED) is 0.469. The summed E-state index contributed by atoms with van der Waals surface area (Å²) in [7, 11) is -8.06.